The molecule has 1 aromatic carbocycles. The largest absolute Gasteiger partial charge is 0.397 e. The molecule has 0 fully saturated rings. The summed E-state index contributed by atoms with van der Waals surface area (Å²) in [4.78, 5) is 4.27. The molecule has 2 nitrogen and oxygen atoms in total. The third-order valence-corrected chi connectivity index (χ3v) is 2.76. The molecule has 0 aliphatic heterocycles. The van der Waals surface area contributed by atoms with Gasteiger partial charge in [0.15, 0.2) is 0 Å². The van der Waals surface area contributed by atoms with E-state index in [0.29, 0.717) is 5.69 Å². The summed E-state index contributed by atoms with van der Waals surface area (Å²) in [7, 11) is 0. The number of pyridine rings is 1. The molecule has 0 spiro atoms. The van der Waals surface area contributed by atoms with Crippen molar-refractivity contribution in [3.8, 4) is 0 Å². The first-order valence-electron chi connectivity index (χ1n) is 4.40. The first kappa shape index (κ1) is 9.28. The van der Waals surface area contributed by atoms with Crippen LogP contribution < -0.4 is 5.73 Å². The number of fused-ring (bicyclic) bond motifs is 1. The Morgan fingerprint density at radius 3 is 2.71 bits per heavy atom. The fourth-order valence-electron chi connectivity index (χ4n) is 1.55. The highest BCUT2D eigenvalue weighted by atomic mass is 35.5. The maximum Gasteiger partial charge on any atom is 0.0946 e. The van der Waals surface area contributed by atoms with Gasteiger partial charge >= 0.3 is 0 Å². The highest BCUT2D eigenvalue weighted by Gasteiger charge is 2.06. The second kappa shape index (κ2) is 3.14. The second-order valence-electron chi connectivity index (χ2n) is 3.51. The molecule has 2 rings (SSSR count). The number of hydrogen-bond donors (Lipinski definition) is 1. The Hall–Kier alpha value is -1.28. The minimum absolute atomic E-state index is 0.682. The van der Waals surface area contributed by atoms with Crippen LogP contribution in [0, 0.1) is 13.8 Å². The van der Waals surface area contributed by atoms with E-state index in [0.717, 1.165) is 27.1 Å². The molecule has 0 saturated heterocycles. The van der Waals surface area contributed by atoms with Crippen LogP contribution >= 0.6 is 11.6 Å². The Morgan fingerprint density at radius 2 is 2.00 bits per heavy atom. The first-order valence-corrected chi connectivity index (χ1v) is 4.78. The molecule has 14 heavy (non-hydrogen) atoms. The van der Waals surface area contributed by atoms with E-state index in [9.17, 15) is 0 Å². The van der Waals surface area contributed by atoms with E-state index in [4.69, 9.17) is 17.3 Å². The number of nitrogen functional groups attached to an aromatic ring is 1. The van der Waals surface area contributed by atoms with Crippen LogP contribution in [0.3, 0.4) is 0 Å². The van der Waals surface area contributed by atoms with Gasteiger partial charge in [-0.3, -0.25) is 4.98 Å². The highest BCUT2D eigenvalue weighted by molar-refractivity contribution is 6.36. The van der Waals surface area contributed by atoms with Crippen molar-refractivity contribution in [3.05, 3.63) is 34.5 Å². The Balaban J connectivity index is 2.95. The van der Waals surface area contributed by atoms with Crippen LogP contribution in [0.25, 0.3) is 10.9 Å². The van der Waals surface area contributed by atoms with E-state index < -0.39 is 0 Å². The lowest BCUT2D eigenvalue weighted by Gasteiger charge is -2.06. The summed E-state index contributed by atoms with van der Waals surface area (Å²) in [5.74, 6) is 0. The molecule has 1 heterocycles. The van der Waals surface area contributed by atoms with Crippen LogP contribution in [0.15, 0.2) is 18.3 Å². The van der Waals surface area contributed by atoms with Crippen molar-refractivity contribution in [2.75, 3.05) is 5.73 Å². The average molecular weight is 207 g/mol. The molecule has 3 heteroatoms. The minimum Gasteiger partial charge on any atom is -0.397 e. The van der Waals surface area contributed by atoms with Crippen molar-refractivity contribution in [1.29, 1.82) is 0 Å². The van der Waals surface area contributed by atoms with Gasteiger partial charge in [0.2, 0.25) is 0 Å². The Bertz CT molecular complexity index is 506. The number of aromatic nitrogens is 1. The average Bonchev–Trinajstić information content (AvgIpc) is 2.12. The first-order chi connectivity index (χ1) is 6.59. The Kier molecular flexibility index (Phi) is 2.08. The number of halogens is 1. The van der Waals surface area contributed by atoms with Crippen LogP contribution in [0.5, 0.6) is 0 Å². The van der Waals surface area contributed by atoms with E-state index in [-0.39, 0.29) is 0 Å². The number of anilines is 1. The van der Waals surface area contributed by atoms with Crippen molar-refractivity contribution in [2.24, 2.45) is 0 Å². The molecule has 0 bridgehead atoms. The third kappa shape index (κ3) is 1.32. The van der Waals surface area contributed by atoms with Crippen molar-refractivity contribution >= 4 is 28.2 Å². The predicted molar refractivity (Wildman–Crippen MR) is 60.6 cm³/mol. The van der Waals surface area contributed by atoms with E-state index in [1.165, 1.54) is 0 Å². The van der Waals surface area contributed by atoms with Crippen LogP contribution in [-0.2, 0) is 0 Å². The smallest absolute Gasteiger partial charge is 0.0946 e. The van der Waals surface area contributed by atoms with E-state index >= 15 is 0 Å². The van der Waals surface area contributed by atoms with Gasteiger partial charge in [-0.2, -0.15) is 0 Å². The third-order valence-electron chi connectivity index (χ3n) is 2.25. The molecule has 0 aliphatic rings. The van der Waals surface area contributed by atoms with Crippen molar-refractivity contribution < 1.29 is 0 Å². The Labute approximate surface area is 87.7 Å². The Morgan fingerprint density at radius 1 is 1.29 bits per heavy atom. The summed E-state index contributed by atoms with van der Waals surface area (Å²) >= 11 is 6.17. The molecule has 72 valence electrons. The van der Waals surface area contributed by atoms with Crippen LogP contribution in [0.2, 0.25) is 5.02 Å². The molecule has 2 aromatic rings. The lowest BCUT2D eigenvalue weighted by Crippen LogP contribution is -1.92. The zero-order valence-corrected chi connectivity index (χ0v) is 8.89. The van der Waals surface area contributed by atoms with Crippen molar-refractivity contribution in [3.63, 3.8) is 0 Å². The zero-order valence-electron chi connectivity index (χ0n) is 8.13. The number of benzene rings is 1. The molecule has 0 amide bonds. The lowest BCUT2D eigenvalue weighted by atomic mass is 10.1. The van der Waals surface area contributed by atoms with E-state index in [1.807, 2.05) is 26.0 Å². The predicted octanol–water partition coefficient (Wildman–Crippen LogP) is 3.09. The summed E-state index contributed by atoms with van der Waals surface area (Å²) in [6.07, 6.45) is 1.75. The molecule has 2 N–H and O–H groups in total. The summed E-state index contributed by atoms with van der Waals surface area (Å²) in [5.41, 5.74) is 9.40. The maximum absolute atomic E-state index is 6.17. The number of nitrogens with two attached hydrogens (primary N) is 1. The second-order valence-corrected chi connectivity index (χ2v) is 3.88. The van der Waals surface area contributed by atoms with Gasteiger partial charge in [0.1, 0.15) is 0 Å². The minimum atomic E-state index is 0.682. The number of aryl methyl sites for hydroxylation is 2. The van der Waals surface area contributed by atoms with Crippen LogP contribution in [0.4, 0.5) is 5.69 Å². The van der Waals surface area contributed by atoms with Gasteiger partial charge in [0.05, 0.1) is 16.2 Å². The summed E-state index contributed by atoms with van der Waals surface area (Å²) in [6.45, 7) is 3.93. The van der Waals surface area contributed by atoms with Gasteiger partial charge < -0.3 is 5.73 Å². The van der Waals surface area contributed by atoms with Gasteiger partial charge in [-0.25, -0.2) is 0 Å². The molecule has 0 unspecified atom stereocenters. The van der Waals surface area contributed by atoms with Gasteiger partial charge in [-0.15, -0.1) is 0 Å². The van der Waals surface area contributed by atoms with Gasteiger partial charge in [-0.05, 0) is 37.1 Å². The topological polar surface area (TPSA) is 38.9 Å². The van der Waals surface area contributed by atoms with Crippen LogP contribution in [0.1, 0.15) is 11.1 Å². The van der Waals surface area contributed by atoms with E-state index in [1.54, 1.807) is 6.20 Å². The van der Waals surface area contributed by atoms with E-state index in [2.05, 4.69) is 4.98 Å². The van der Waals surface area contributed by atoms with Gasteiger partial charge in [0, 0.05) is 11.6 Å². The molecular weight excluding hydrogens is 196 g/mol. The normalized spacial score (nSPS) is 10.8. The van der Waals surface area contributed by atoms with Crippen molar-refractivity contribution in [1.82, 2.24) is 4.98 Å². The van der Waals surface area contributed by atoms with Gasteiger partial charge in [0.25, 0.3) is 0 Å². The summed E-state index contributed by atoms with van der Waals surface area (Å²) < 4.78 is 0. The fraction of sp³-hybridized carbons (Fsp3) is 0.182. The maximum atomic E-state index is 6.17. The number of rotatable bonds is 0. The quantitative estimate of drug-likeness (QED) is 0.673. The monoisotopic (exact) mass is 206 g/mol. The SMILES string of the molecule is Cc1cc(N)c2ncc(C)c(Cl)c2c1. The highest BCUT2D eigenvalue weighted by Crippen LogP contribution is 2.29. The summed E-state index contributed by atoms with van der Waals surface area (Å²) in [6, 6.07) is 3.91. The van der Waals surface area contributed by atoms with Crippen molar-refractivity contribution in [2.45, 2.75) is 13.8 Å². The molecule has 1 aromatic heterocycles. The molecule has 0 radical (unpaired) electrons. The lowest BCUT2D eigenvalue weighted by molar-refractivity contribution is 1.33. The number of nitrogens with zero attached hydrogens (tertiary/aromatic N) is 1. The van der Waals surface area contributed by atoms with Crippen LogP contribution in [-0.4, -0.2) is 4.98 Å². The molecular formula is C11H11ClN2. The summed E-state index contributed by atoms with van der Waals surface area (Å²) in [5, 5.41) is 1.68. The standard InChI is InChI=1S/C11H11ClN2/c1-6-3-8-10(12)7(2)5-14-11(8)9(13)4-6/h3-5H,13H2,1-2H3. The van der Waals surface area contributed by atoms with Gasteiger partial charge in [-0.1, -0.05) is 11.6 Å². The fourth-order valence-corrected chi connectivity index (χ4v) is 1.74. The molecule has 0 aliphatic carbocycles. The molecule has 0 atom stereocenters. The molecule has 0 saturated carbocycles. The number of hydrogen-bond acceptors (Lipinski definition) is 2. The zero-order chi connectivity index (χ0) is 10.3.